The second-order valence-electron chi connectivity index (χ2n) is 5.19. The van der Waals surface area contributed by atoms with Crippen LogP contribution in [0.4, 0.5) is 5.82 Å². The number of rotatable bonds is 3. The average molecular weight is 320 g/mol. The van der Waals surface area contributed by atoms with Crippen molar-refractivity contribution in [1.82, 2.24) is 15.2 Å². The summed E-state index contributed by atoms with van der Waals surface area (Å²) in [6.07, 6.45) is 2.80. The van der Waals surface area contributed by atoms with Gasteiger partial charge in [-0.05, 0) is 30.3 Å². The Labute approximate surface area is 136 Å². The van der Waals surface area contributed by atoms with Gasteiger partial charge in [0.05, 0.1) is 17.5 Å². The summed E-state index contributed by atoms with van der Waals surface area (Å²) in [5.41, 5.74) is 3.45. The number of furan rings is 1. The van der Waals surface area contributed by atoms with Crippen molar-refractivity contribution in [2.24, 2.45) is 0 Å². The molecule has 7 heteroatoms. The molecule has 1 N–H and O–H groups in total. The number of aromatic nitrogens is 3. The van der Waals surface area contributed by atoms with Gasteiger partial charge in [-0.25, -0.2) is 4.98 Å². The highest BCUT2D eigenvalue weighted by Gasteiger charge is 2.10. The third kappa shape index (κ3) is 2.63. The van der Waals surface area contributed by atoms with Crippen LogP contribution < -0.4 is 5.32 Å². The van der Waals surface area contributed by atoms with E-state index in [1.807, 2.05) is 18.2 Å². The lowest BCUT2D eigenvalue weighted by Gasteiger charge is -2.03. The molecule has 7 nitrogen and oxygen atoms in total. The summed E-state index contributed by atoms with van der Waals surface area (Å²) in [5.74, 6) is 0.677. The van der Waals surface area contributed by atoms with Crippen LogP contribution in [0.1, 0.15) is 16.2 Å². The van der Waals surface area contributed by atoms with E-state index in [1.165, 1.54) is 12.5 Å². The average Bonchev–Trinajstić information content (AvgIpc) is 3.23. The molecule has 3 heterocycles. The predicted molar refractivity (Wildman–Crippen MR) is 86.4 cm³/mol. The first-order valence-electron chi connectivity index (χ1n) is 7.24. The van der Waals surface area contributed by atoms with Gasteiger partial charge in [-0.15, -0.1) is 10.2 Å². The van der Waals surface area contributed by atoms with E-state index in [9.17, 15) is 4.79 Å². The number of nitrogens with one attached hydrogen (secondary N) is 1. The lowest BCUT2D eigenvalue weighted by molar-refractivity contribution is 0.102. The van der Waals surface area contributed by atoms with Gasteiger partial charge in [-0.2, -0.15) is 0 Å². The minimum absolute atomic E-state index is 0.302. The molecule has 0 fully saturated rings. The van der Waals surface area contributed by atoms with Crippen LogP contribution in [0.2, 0.25) is 0 Å². The Hall–Kier alpha value is -3.48. The van der Waals surface area contributed by atoms with E-state index in [2.05, 4.69) is 20.5 Å². The van der Waals surface area contributed by atoms with Crippen LogP contribution in [0.15, 0.2) is 57.8 Å². The Morgan fingerprint density at radius 2 is 2.04 bits per heavy atom. The molecule has 0 atom stereocenters. The molecular formula is C17H12N4O3. The maximum absolute atomic E-state index is 11.9. The van der Waals surface area contributed by atoms with Crippen LogP contribution in [0.5, 0.6) is 0 Å². The molecule has 0 bridgehead atoms. The number of anilines is 1. The van der Waals surface area contributed by atoms with Crippen LogP contribution in [-0.2, 0) is 0 Å². The van der Waals surface area contributed by atoms with E-state index in [4.69, 9.17) is 8.83 Å². The van der Waals surface area contributed by atoms with Crippen molar-refractivity contribution >= 4 is 22.8 Å². The number of amides is 1. The fourth-order valence-corrected chi connectivity index (χ4v) is 2.33. The number of hydrogen-bond donors (Lipinski definition) is 1. The number of hydrogen-bond acceptors (Lipinski definition) is 6. The van der Waals surface area contributed by atoms with Gasteiger partial charge in [-0.3, -0.25) is 4.79 Å². The standard InChI is InChI=1S/C17H12N4O3/c1-10-18-14-3-2-11(8-15(14)24-10)13-4-5-16(21-20-13)19-17(22)12-6-7-23-9-12/h2-9H,1H3,(H,19,21,22). The van der Waals surface area contributed by atoms with E-state index >= 15 is 0 Å². The first-order chi connectivity index (χ1) is 11.7. The summed E-state index contributed by atoms with van der Waals surface area (Å²) < 4.78 is 10.4. The topological polar surface area (TPSA) is 94.1 Å². The van der Waals surface area contributed by atoms with E-state index in [0.29, 0.717) is 28.5 Å². The number of fused-ring (bicyclic) bond motifs is 1. The minimum Gasteiger partial charge on any atom is -0.472 e. The number of carbonyl (C=O) groups is 1. The molecule has 1 aromatic carbocycles. The zero-order chi connectivity index (χ0) is 16.5. The predicted octanol–water partition coefficient (Wildman–Crippen LogP) is 3.44. The third-order valence-corrected chi connectivity index (χ3v) is 3.48. The smallest absolute Gasteiger partial charge is 0.260 e. The first kappa shape index (κ1) is 14.1. The third-order valence-electron chi connectivity index (χ3n) is 3.48. The molecule has 4 aromatic rings. The van der Waals surface area contributed by atoms with Crippen LogP contribution >= 0.6 is 0 Å². The highest BCUT2D eigenvalue weighted by atomic mass is 16.3. The summed E-state index contributed by atoms with van der Waals surface area (Å²) in [5, 5.41) is 10.8. The Morgan fingerprint density at radius 1 is 1.12 bits per heavy atom. The number of aryl methyl sites for hydroxylation is 1. The molecule has 0 aliphatic heterocycles. The zero-order valence-corrected chi connectivity index (χ0v) is 12.7. The van der Waals surface area contributed by atoms with Crippen molar-refractivity contribution in [3.63, 3.8) is 0 Å². The van der Waals surface area contributed by atoms with E-state index in [0.717, 1.165) is 11.1 Å². The molecule has 24 heavy (non-hydrogen) atoms. The number of oxazole rings is 1. The largest absolute Gasteiger partial charge is 0.472 e. The fraction of sp³-hybridized carbons (Fsp3) is 0.0588. The number of nitrogens with zero attached hydrogens (tertiary/aromatic N) is 3. The van der Waals surface area contributed by atoms with E-state index in [-0.39, 0.29) is 5.91 Å². The summed E-state index contributed by atoms with van der Waals surface area (Å²) in [4.78, 5) is 16.2. The Kier molecular flexibility index (Phi) is 3.31. The summed E-state index contributed by atoms with van der Waals surface area (Å²) in [6.45, 7) is 1.80. The Balaban J connectivity index is 1.57. The molecule has 0 aliphatic carbocycles. The molecule has 0 saturated heterocycles. The highest BCUT2D eigenvalue weighted by Crippen LogP contribution is 2.23. The van der Waals surface area contributed by atoms with E-state index in [1.54, 1.807) is 25.1 Å². The molecule has 1 amide bonds. The molecule has 0 spiro atoms. The second-order valence-corrected chi connectivity index (χ2v) is 5.19. The zero-order valence-electron chi connectivity index (χ0n) is 12.7. The number of benzene rings is 1. The molecular weight excluding hydrogens is 308 g/mol. The lowest BCUT2D eigenvalue weighted by atomic mass is 10.1. The van der Waals surface area contributed by atoms with Crippen molar-refractivity contribution in [2.45, 2.75) is 6.92 Å². The van der Waals surface area contributed by atoms with Crippen molar-refractivity contribution in [2.75, 3.05) is 5.32 Å². The Bertz CT molecular complexity index is 1000. The molecule has 0 aliphatic rings. The van der Waals surface area contributed by atoms with Crippen molar-refractivity contribution in [1.29, 1.82) is 0 Å². The van der Waals surface area contributed by atoms with Crippen molar-refractivity contribution in [3.05, 3.63) is 60.4 Å². The van der Waals surface area contributed by atoms with Crippen molar-refractivity contribution < 1.29 is 13.6 Å². The normalized spacial score (nSPS) is 10.9. The molecule has 4 rings (SSSR count). The first-order valence-corrected chi connectivity index (χ1v) is 7.24. The monoisotopic (exact) mass is 320 g/mol. The quantitative estimate of drug-likeness (QED) is 0.621. The second kappa shape index (κ2) is 5.62. The molecule has 0 radical (unpaired) electrons. The van der Waals surface area contributed by atoms with Gasteiger partial charge >= 0.3 is 0 Å². The summed E-state index contributed by atoms with van der Waals surface area (Å²) >= 11 is 0. The molecule has 118 valence electrons. The van der Waals surface area contributed by atoms with Crippen LogP contribution in [0.3, 0.4) is 0 Å². The van der Waals surface area contributed by atoms with Gasteiger partial charge < -0.3 is 14.2 Å². The van der Waals surface area contributed by atoms with Gasteiger partial charge in [0.25, 0.3) is 5.91 Å². The minimum atomic E-state index is -0.302. The van der Waals surface area contributed by atoms with Gasteiger partial charge in [0.15, 0.2) is 17.3 Å². The summed E-state index contributed by atoms with van der Waals surface area (Å²) in [6, 6.07) is 10.7. The lowest BCUT2D eigenvalue weighted by Crippen LogP contribution is -2.12. The van der Waals surface area contributed by atoms with Crippen LogP contribution in [-0.4, -0.2) is 21.1 Å². The summed E-state index contributed by atoms with van der Waals surface area (Å²) in [7, 11) is 0. The SMILES string of the molecule is Cc1nc2ccc(-c3ccc(NC(=O)c4ccoc4)nn3)cc2o1. The van der Waals surface area contributed by atoms with Crippen LogP contribution in [0.25, 0.3) is 22.4 Å². The molecule has 0 unspecified atom stereocenters. The van der Waals surface area contributed by atoms with Gasteiger partial charge in [0.2, 0.25) is 0 Å². The molecule has 0 saturated carbocycles. The van der Waals surface area contributed by atoms with Crippen molar-refractivity contribution in [3.8, 4) is 11.3 Å². The number of carbonyl (C=O) groups excluding carboxylic acids is 1. The maximum atomic E-state index is 11.9. The fourth-order valence-electron chi connectivity index (χ4n) is 2.33. The highest BCUT2D eigenvalue weighted by molar-refractivity contribution is 6.03. The van der Waals surface area contributed by atoms with E-state index < -0.39 is 0 Å². The van der Waals surface area contributed by atoms with Crippen LogP contribution in [0, 0.1) is 6.92 Å². The maximum Gasteiger partial charge on any atom is 0.260 e. The van der Waals surface area contributed by atoms with Gasteiger partial charge in [0.1, 0.15) is 11.8 Å². The molecule has 3 aromatic heterocycles. The van der Waals surface area contributed by atoms with Gasteiger partial charge in [-0.1, -0.05) is 6.07 Å². The Morgan fingerprint density at radius 3 is 2.79 bits per heavy atom. The van der Waals surface area contributed by atoms with Gasteiger partial charge in [0, 0.05) is 12.5 Å².